The van der Waals surface area contributed by atoms with E-state index in [2.05, 4.69) is 10.5 Å². The summed E-state index contributed by atoms with van der Waals surface area (Å²) in [6, 6.07) is 16.9. The lowest BCUT2D eigenvalue weighted by molar-refractivity contribution is -0.119. The highest BCUT2D eigenvalue weighted by molar-refractivity contribution is 7.92. The molecule has 0 radical (unpaired) electrons. The van der Waals surface area contributed by atoms with Gasteiger partial charge in [0.2, 0.25) is 0 Å². The second-order valence-electron chi connectivity index (χ2n) is 7.07. The average Bonchev–Trinajstić information content (AvgIpc) is 2.75. The summed E-state index contributed by atoms with van der Waals surface area (Å²) in [5, 5.41) is 4.10. The molecule has 0 fully saturated rings. The zero-order valence-corrected chi connectivity index (χ0v) is 19.0. The summed E-state index contributed by atoms with van der Waals surface area (Å²) in [5.74, 6) is -1.20. The van der Waals surface area contributed by atoms with Gasteiger partial charge in [0.15, 0.2) is 0 Å². The summed E-state index contributed by atoms with van der Waals surface area (Å²) in [5.41, 5.74) is 4.32. The van der Waals surface area contributed by atoms with E-state index >= 15 is 0 Å². The quantitative estimate of drug-likeness (QED) is 0.407. The van der Waals surface area contributed by atoms with E-state index in [1.165, 1.54) is 36.4 Å². The average molecular weight is 474 g/mol. The van der Waals surface area contributed by atoms with Gasteiger partial charge >= 0.3 is 0 Å². The maximum atomic E-state index is 13.7. The van der Waals surface area contributed by atoms with Crippen LogP contribution in [0, 0.1) is 19.7 Å². The van der Waals surface area contributed by atoms with Gasteiger partial charge in [-0.25, -0.2) is 18.2 Å². The van der Waals surface area contributed by atoms with Gasteiger partial charge in [-0.1, -0.05) is 53.6 Å². The number of hydrogen-bond donors (Lipinski definition) is 1. The number of aryl methyl sites for hydroxylation is 2. The first-order valence-electron chi connectivity index (χ1n) is 9.60. The standard InChI is InChI=1S/C23H21ClFN3O3S/c1-16-7-11-20(12-8-16)32(30,31)28(19-10-9-17(2)21(24)13-19)15-23(29)27-26-14-18-5-3-4-6-22(18)25/h3-14H,15H2,1-2H3,(H,27,29)/b26-14-. The van der Waals surface area contributed by atoms with Crippen molar-refractivity contribution in [1.29, 1.82) is 0 Å². The van der Waals surface area contributed by atoms with Crippen molar-refractivity contribution in [2.45, 2.75) is 18.7 Å². The van der Waals surface area contributed by atoms with Crippen LogP contribution in [0.2, 0.25) is 5.02 Å². The third-order valence-corrected chi connectivity index (χ3v) is 6.83. The first-order chi connectivity index (χ1) is 15.2. The van der Waals surface area contributed by atoms with E-state index in [-0.39, 0.29) is 16.1 Å². The van der Waals surface area contributed by atoms with Gasteiger partial charge < -0.3 is 0 Å². The Hall–Kier alpha value is -3.23. The summed E-state index contributed by atoms with van der Waals surface area (Å²) in [6.45, 7) is 3.08. The highest BCUT2D eigenvalue weighted by atomic mass is 35.5. The SMILES string of the molecule is Cc1ccc(S(=O)(=O)N(CC(=O)N/N=C\c2ccccc2F)c2ccc(C)c(Cl)c2)cc1. The molecule has 0 spiro atoms. The number of sulfonamides is 1. The van der Waals surface area contributed by atoms with Crippen LogP contribution < -0.4 is 9.73 Å². The molecule has 0 aliphatic rings. The lowest BCUT2D eigenvalue weighted by Crippen LogP contribution is -2.39. The van der Waals surface area contributed by atoms with Crippen LogP contribution in [0.1, 0.15) is 16.7 Å². The lowest BCUT2D eigenvalue weighted by atomic mass is 10.2. The van der Waals surface area contributed by atoms with Gasteiger partial charge in [0.1, 0.15) is 12.4 Å². The molecular weight excluding hydrogens is 453 g/mol. The summed E-state index contributed by atoms with van der Waals surface area (Å²) < 4.78 is 41.3. The van der Waals surface area contributed by atoms with E-state index in [0.29, 0.717) is 5.02 Å². The van der Waals surface area contributed by atoms with Crippen molar-refractivity contribution >= 4 is 39.4 Å². The molecule has 0 saturated carbocycles. The summed E-state index contributed by atoms with van der Waals surface area (Å²) in [7, 11) is -4.08. The van der Waals surface area contributed by atoms with Crippen LogP contribution >= 0.6 is 11.6 Å². The van der Waals surface area contributed by atoms with Crippen LogP contribution in [0.5, 0.6) is 0 Å². The maximum absolute atomic E-state index is 13.7. The maximum Gasteiger partial charge on any atom is 0.264 e. The molecule has 3 aromatic carbocycles. The number of nitrogens with zero attached hydrogens (tertiary/aromatic N) is 2. The Kier molecular flexibility index (Phi) is 7.27. The summed E-state index contributed by atoms with van der Waals surface area (Å²) in [6.07, 6.45) is 1.15. The van der Waals surface area contributed by atoms with Crippen LogP contribution in [-0.2, 0) is 14.8 Å². The molecule has 0 aliphatic heterocycles. The highest BCUT2D eigenvalue weighted by Crippen LogP contribution is 2.28. The van der Waals surface area contributed by atoms with Gasteiger partial charge in [-0.15, -0.1) is 0 Å². The third kappa shape index (κ3) is 5.52. The molecule has 0 atom stereocenters. The number of hydrogen-bond acceptors (Lipinski definition) is 4. The Balaban J connectivity index is 1.88. The molecule has 0 unspecified atom stereocenters. The predicted octanol–water partition coefficient (Wildman–Crippen LogP) is 4.44. The first kappa shape index (κ1) is 23.4. The minimum atomic E-state index is -4.08. The second kappa shape index (κ2) is 9.93. The van der Waals surface area contributed by atoms with Gasteiger partial charge in [-0.3, -0.25) is 9.10 Å². The largest absolute Gasteiger partial charge is 0.271 e. The number of halogens is 2. The smallest absolute Gasteiger partial charge is 0.264 e. The number of amides is 1. The molecule has 0 saturated heterocycles. The zero-order chi connectivity index (χ0) is 23.3. The Labute approximate surface area is 191 Å². The van der Waals surface area contributed by atoms with E-state index in [1.54, 1.807) is 37.3 Å². The molecule has 6 nitrogen and oxygen atoms in total. The normalized spacial score (nSPS) is 11.5. The van der Waals surface area contributed by atoms with Crippen molar-refractivity contribution < 1.29 is 17.6 Å². The number of benzene rings is 3. The fraction of sp³-hybridized carbons (Fsp3) is 0.130. The van der Waals surface area contributed by atoms with E-state index in [1.807, 2.05) is 6.92 Å². The number of anilines is 1. The number of nitrogens with one attached hydrogen (secondary N) is 1. The summed E-state index contributed by atoms with van der Waals surface area (Å²) >= 11 is 6.20. The van der Waals surface area contributed by atoms with Crippen molar-refractivity contribution in [3.05, 3.63) is 94.3 Å². The Morgan fingerprint density at radius 2 is 1.78 bits per heavy atom. The third-order valence-electron chi connectivity index (χ3n) is 4.64. The van der Waals surface area contributed by atoms with Crippen LogP contribution in [0.15, 0.2) is 76.7 Å². The second-order valence-corrected chi connectivity index (χ2v) is 9.34. The van der Waals surface area contributed by atoms with Crippen molar-refractivity contribution in [3.8, 4) is 0 Å². The monoisotopic (exact) mass is 473 g/mol. The summed E-state index contributed by atoms with van der Waals surface area (Å²) in [4.78, 5) is 12.6. The van der Waals surface area contributed by atoms with Crippen molar-refractivity contribution in [1.82, 2.24) is 5.43 Å². The van der Waals surface area contributed by atoms with Crippen LogP contribution in [-0.4, -0.2) is 27.1 Å². The van der Waals surface area contributed by atoms with Gasteiger partial charge in [-0.05, 0) is 49.7 Å². The highest BCUT2D eigenvalue weighted by Gasteiger charge is 2.27. The number of rotatable bonds is 7. The van der Waals surface area contributed by atoms with E-state index in [4.69, 9.17) is 11.6 Å². The van der Waals surface area contributed by atoms with Crippen LogP contribution in [0.25, 0.3) is 0 Å². The fourth-order valence-corrected chi connectivity index (χ4v) is 4.40. The number of carbonyl (C=O) groups excluding carboxylic acids is 1. The van der Waals surface area contributed by atoms with Gasteiger partial charge in [0, 0.05) is 10.6 Å². The molecule has 1 N–H and O–H groups in total. The lowest BCUT2D eigenvalue weighted by Gasteiger charge is -2.24. The minimum Gasteiger partial charge on any atom is -0.271 e. The van der Waals surface area contributed by atoms with Gasteiger partial charge in [0.05, 0.1) is 16.8 Å². The number of hydrazone groups is 1. The Morgan fingerprint density at radius 1 is 1.09 bits per heavy atom. The zero-order valence-electron chi connectivity index (χ0n) is 17.4. The van der Waals surface area contributed by atoms with Crippen molar-refractivity contribution in [2.75, 3.05) is 10.8 Å². The van der Waals surface area contributed by atoms with E-state index < -0.39 is 28.3 Å². The van der Waals surface area contributed by atoms with Crippen molar-refractivity contribution in [2.24, 2.45) is 5.10 Å². The Bertz CT molecular complexity index is 1260. The molecule has 1 amide bonds. The van der Waals surface area contributed by atoms with Crippen LogP contribution in [0.3, 0.4) is 0 Å². The molecule has 3 rings (SSSR count). The molecular formula is C23H21ClFN3O3S. The first-order valence-corrected chi connectivity index (χ1v) is 11.4. The minimum absolute atomic E-state index is 0.0301. The molecule has 0 heterocycles. The molecule has 0 aliphatic carbocycles. The topological polar surface area (TPSA) is 78.8 Å². The van der Waals surface area contributed by atoms with E-state index in [9.17, 15) is 17.6 Å². The predicted molar refractivity (Wildman–Crippen MR) is 124 cm³/mol. The van der Waals surface area contributed by atoms with Crippen LogP contribution in [0.4, 0.5) is 10.1 Å². The van der Waals surface area contributed by atoms with Gasteiger partial charge in [0.25, 0.3) is 15.9 Å². The van der Waals surface area contributed by atoms with Gasteiger partial charge in [-0.2, -0.15) is 5.10 Å². The Morgan fingerprint density at radius 3 is 2.44 bits per heavy atom. The van der Waals surface area contributed by atoms with Crippen molar-refractivity contribution in [3.63, 3.8) is 0 Å². The fourth-order valence-electron chi connectivity index (χ4n) is 2.81. The number of carbonyl (C=O) groups is 1. The molecule has 3 aromatic rings. The molecule has 9 heteroatoms. The molecule has 166 valence electrons. The molecule has 32 heavy (non-hydrogen) atoms. The molecule has 0 bridgehead atoms. The van der Waals surface area contributed by atoms with E-state index in [0.717, 1.165) is 21.6 Å². The molecule has 0 aromatic heterocycles.